The van der Waals surface area contributed by atoms with Crippen LogP contribution < -0.4 is 10.5 Å². The molecule has 0 amide bonds. The molecule has 2 N–H and O–H groups in total. The largest absolute Gasteiger partial charge is 0.423 e. The summed E-state index contributed by atoms with van der Waals surface area (Å²) in [6, 6.07) is 26.7. The van der Waals surface area contributed by atoms with Crippen LogP contribution in [0, 0.1) is 0 Å². The van der Waals surface area contributed by atoms with Crippen LogP contribution in [0.4, 0.5) is 0 Å². The number of rotatable bonds is 5. The van der Waals surface area contributed by atoms with Crippen LogP contribution in [0.2, 0.25) is 0 Å². The molecule has 1 aliphatic rings. The number of nitrogens with two attached hydrogens (primary N) is 1. The zero-order valence-electron chi connectivity index (χ0n) is 20.1. The molecular weight excluding hydrogens is 460 g/mol. The van der Waals surface area contributed by atoms with Crippen molar-refractivity contribution in [3.8, 4) is 34.1 Å². The van der Waals surface area contributed by atoms with Crippen molar-refractivity contribution in [2.45, 2.75) is 24.8 Å². The first-order chi connectivity index (χ1) is 18.1. The van der Waals surface area contributed by atoms with Crippen molar-refractivity contribution in [2.75, 3.05) is 0 Å². The molecule has 0 saturated heterocycles. The van der Waals surface area contributed by atoms with Crippen LogP contribution in [0.15, 0.2) is 97.5 Å². The molecule has 7 heteroatoms. The highest BCUT2D eigenvalue weighted by atomic mass is 16.5. The summed E-state index contributed by atoms with van der Waals surface area (Å²) >= 11 is 0. The number of nitrogens with zero attached hydrogens (tertiary/aromatic N) is 5. The maximum Gasteiger partial charge on any atom is 0.343 e. The Balaban J connectivity index is 1.30. The number of hydrogen-bond acceptors (Lipinski definition) is 6. The molecule has 0 unspecified atom stereocenters. The third-order valence-corrected chi connectivity index (χ3v) is 7.20. The van der Waals surface area contributed by atoms with Crippen LogP contribution >= 0.6 is 0 Å². The van der Waals surface area contributed by atoms with Crippen molar-refractivity contribution in [1.82, 2.24) is 24.6 Å². The van der Waals surface area contributed by atoms with Gasteiger partial charge in [0.1, 0.15) is 5.75 Å². The monoisotopic (exact) mass is 484 g/mol. The van der Waals surface area contributed by atoms with E-state index in [0.29, 0.717) is 11.5 Å². The van der Waals surface area contributed by atoms with Gasteiger partial charge in [-0.2, -0.15) is 4.98 Å². The fourth-order valence-corrected chi connectivity index (χ4v) is 4.93. The van der Waals surface area contributed by atoms with Crippen LogP contribution in [0.3, 0.4) is 0 Å². The second-order valence-electron chi connectivity index (χ2n) is 9.58. The molecule has 7 rings (SSSR count). The summed E-state index contributed by atoms with van der Waals surface area (Å²) in [7, 11) is 0. The quantitative estimate of drug-likeness (QED) is 0.316. The molecule has 0 atom stereocenters. The average molecular weight is 485 g/mol. The van der Waals surface area contributed by atoms with E-state index in [1.54, 1.807) is 10.7 Å². The minimum Gasteiger partial charge on any atom is -0.423 e. The van der Waals surface area contributed by atoms with Crippen LogP contribution in [0.5, 0.6) is 11.8 Å². The minimum absolute atomic E-state index is 0.198. The third kappa shape index (κ3) is 3.90. The van der Waals surface area contributed by atoms with Gasteiger partial charge < -0.3 is 10.5 Å². The third-order valence-electron chi connectivity index (χ3n) is 7.20. The van der Waals surface area contributed by atoms with Gasteiger partial charge in [-0.25, -0.2) is 9.50 Å². The second kappa shape index (κ2) is 8.50. The zero-order chi connectivity index (χ0) is 24.8. The second-order valence-corrected chi connectivity index (χ2v) is 9.58. The number of hydrogen-bond donors (Lipinski definition) is 1. The van der Waals surface area contributed by atoms with Crippen LogP contribution in [0.1, 0.15) is 24.8 Å². The Hall–Kier alpha value is -4.62. The maximum atomic E-state index is 6.55. The van der Waals surface area contributed by atoms with Gasteiger partial charge in [-0.3, -0.25) is 4.98 Å². The molecule has 6 aromatic rings. The summed E-state index contributed by atoms with van der Waals surface area (Å²) < 4.78 is 7.68. The van der Waals surface area contributed by atoms with Crippen molar-refractivity contribution in [1.29, 1.82) is 0 Å². The Labute approximate surface area is 213 Å². The smallest absolute Gasteiger partial charge is 0.343 e. The molecule has 0 radical (unpaired) electrons. The van der Waals surface area contributed by atoms with Crippen LogP contribution in [-0.4, -0.2) is 24.6 Å². The molecule has 37 heavy (non-hydrogen) atoms. The highest BCUT2D eigenvalue weighted by Gasteiger charge is 2.34. The lowest BCUT2D eigenvalue weighted by atomic mass is 9.72. The SMILES string of the molecule is NC1(c2ccc(-c3nc4nc(Oc5ccc6ccncc6c5)nn4cc3-c3ccccc3)cc2)CCC1. The molecule has 7 nitrogen and oxygen atoms in total. The Kier molecular flexibility index (Phi) is 4.97. The van der Waals surface area contributed by atoms with E-state index in [4.69, 9.17) is 15.5 Å². The first kappa shape index (κ1) is 21.6. The van der Waals surface area contributed by atoms with Gasteiger partial charge in [-0.15, -0.1) is 5.10 Å². The molecule has 1 aliphatic carbocycles. The van der Waals surface area contributed by atoms with Crippen molar-refractivity contribution in [3.63, 3.8) is 0 Å². The van der Waals surface area contributed by atoms with Crippen LogP contribution in [0.25, 0.3) is 38.9 Å². The standard InChI is InChI=1S/C30H24N6O/c31-30(14-4-15-30)24-10-7-22(8-11-24)27-26(21-5-2-1-3-6-21)19-36-28(33-27)34-29(35-36)37-25-12-9-20-13-16-32-18-23(20)17-25/h1-3,5-13,16-19H,4,14-15,31H2. The molecule has 1 fully saturated rings. The predicted octanol–water partition coefficient (Wildman–Crippen LogP) is 6.14. The Morgan fingerprint density at radius 1 is 0.838 bits per heavy atom. The number of ether oxygens (including phenoxy) is 1. The Morgan fingerprint density at radius 2 is 1.68 bits per heavy atom. The van der Waals surface area contributed by atoms with Gasteiger partial charge in [0.2, 0.25) is 0 Å². The van der Waals surface area contributed by atoms with E-state index >= 15 is 0 Å². The summed E-state index contributed by atoms with van der Waals surface area (Å²) in [5.41, 5.74) is 11.4. The van der Waals surface area contributed by atoms with Crippen molar-refractivity contribution in [2.24, 2.45) is 5.73 Å². The lowest BCUT2D eigenvalue weighted by Crippen LogP contribution is -2.43. The molecule has 1 saturated carbocycles. The first-order valence-corrected chi connectivity index (χ1v) is 12.4. The number of benzene rings is 3. The summed E-state index contributed by atoms with van der Waals surface area (Å²) in [6.07, 6.45) is 8.78. The molecule has 0 spiro atoms. The lowest BCUT2D eigenvalue weighted by Gasteiger charge is -2.38. The molecule has 3 aromatic heterocycles. The summed E-state index contributed by atoms with van der Waals surface area (Å²) in [5.74, 6) is 1.10. The van der Waals surface area contributed by atoms with E-state index in [9.17, 15) is 0 Å². The topological polar surface area (TPSA) is 91.2 Å². The molecular formula is C30H24N6O. The van der Waals surface area contributed by atoms with E-state index in [-0.39, 0.29) is 11.5 Å². The van der Waals surface area contributed by atoms with Gasteiger partial charge >= 0.3 is 6.01 Å². The zero-order valence-corrected chi connectivity index (χ0v) is 20.1. The van der Waals surface area contributed by atoms with Gasteiger partial charge in [-0.05, 0) is 54.0 Å². The minimum atomic E-state index is -0.198. The average Bonchev–Trinajstić information content (AvgIpc) is 3.32. The van der Waals surface area contributed by atoms with Crippen LogP contribution in [-0.2, 0) is 5.54 Å². The molecule has 3 aromatic carbocycles. The van der Waals surface area contributed by atoms with E-state index in [1.807, 2.05) is 54.9 Å². The molecule has 0 aliphatic heterocycles. The molecule has 180 valence electrons. The van der Waals surface area contributed by atoms with Crippen molar-refractivity contribution < 1.29 is 4.74 Å². The van der Waals surface area contributed by atoms with Gasteiger partial charge in [0.25, 0.3) is 5.78 Å². The van der Waals surface area contributed by atoms with Gasteiger partial charge in [0.15, 0.2) is 0 Å². The molecule has 0 bridgehead atoms. The summed E-state index contributed by atoms with van der Waals surface area (Å²) in [5, 5.41) is 6.64. The van der Waals surface area contributed by atoms with Gasteiger partial charge in [0.05, 0.1) is 5.69 Å². The van der Waals surface area contributed by atoms with E-state index in [2.05, 4.69) is 51.5 Å². The maximum absolute atomic E-state index is 6.55. The van der Waals surface area contributed by atoms with E-state index in [0.717, 1.165) is 46.0 Å². The van der Waals surface area contributed by atoms with E-state index in [1.165, 1.54) is 12.0 Å². The number of aromatic nitrogens is 5. The highest BCUT2D eigenvalue weighted by molar-refractivity contribution is 5.83. The Morgan fingerprint density at radius 3 is 2.46 bits per heavy atom. The fourth-order valence-electron chi connectivity index (χ4n) is 4.93. The summed E-state index contributed by atoms with van der Waals surface area (Å²) in [4.78, 5) is 13.7. The van der Waals surface area contributed by atoms with Crippen molar-refractivity contribution in [3.05, 3.63) is 103 Å². The highest BCUT2D eigenvalue weighted by Crippen LogP contribution is 2.40. The molecule has 3 heterocycles. The van der Waals surface area contributed by atoms with Gasteiger partial charge in [0, 0.05) is 40.6 Å². The predicted molar refractivity (Wildman–Crippen MR) is 143 cm³/mol. The van der Waals surface area contributed by atoms with E-state index < -0.39 is 0 Å². The number of pyridine rings is 1. The normalized spacial score (nSPS) is 14.5. The lowest BCUT2D eigenvalue weighted by molar-refractivity contribution is 0.253. The Bertz CT molecular complexity index is 1740. The fraction of sp³-hybridized carbons (Fsp3) is 0.133. The first-order valence-electron chi connectivity index (χ1n) is 12.4. The van der Waals surface area contributed by atoms with Gasteiger partial charge in [-0.1, -0.05) is 60.7 Å². The van der Waals surface area contributed by atoms with Crippen molar-refractivity contribution >= 4 is 16.6 Å². The summed E-state index contributed by atoms with van der Waals surface area (Å²) in [6.45, 7) is 0. The number of fused-ring (bicyclic) bond motifs is 2.